The van der Waals surface area contributed by atoms with Gasteiger partial charge in [-0.25, -0.2) is 0 Å². The molecule has 54 valence electrons. The maximum atomic E-state index is 3.47. The van der Waals surface area contributed by atoms with E-state index >= 15 is 0 Å². The summed E-state index contributed by atoms with van der Waals surface area (Å²) >= 11 is 0. The Morgan fingerprint density at radius 3 is 3.30 bits per heavy atom. The summed E-state index contributed by atoms with van der Waals surface area (Å²) in [5.74, 6) is 0.806. The minimum Gasteiger partial charge on any atom is -0.386 e. The Kier molecular flexibility index (Phi) is 1.30. The van der Waals surface area contributed by atoms with Crippen molar-refractivity contribution in [3.63, 3.8) is 0 Å². The van der Waals surface area contributed by atoms with Gasteiger partial charge in [-0.2, -0.15) is 0 Å². The Morgan fingerprint density at radius 1 is 1.60 bits per heavy atom. The number of fused-ring (bicyclic) bond motifs is 1. The Balaban J connectivity index is 2.18. The standard InChI is InChI=1S/C9H13N/c1-7-6-8-4-2-3-5-9(8)10-7/h2-3,5,7-8,10H,4,6H2,1H3. The van der Waals surface area contributed by atoms with Crippen molar-refractivity contribution < 1.29 is 0 Å². The normalized spacial score (nSPS) is 36.7. The van der Waals surface area contributed by atoms with Gasteiger partial charge in [0.25, 0.3) is 0 Å². The van der Waals surface area contributed by atoms with Crippen molar-refractivity contribution in [3.8, 4) is 0 Å². The van der Waals surface area contributed by atoms with E-state index in [0.717, 1.165) is 5.92 Å². The zero-order valence-electron chi connectivity index (χ0n) is 6.30. The molecule has 0 aromatic carbocycles. The SMILES string of the molecule is CC1CC2CC=CC=C2N1. The van der Waals surface area contributed by atoms with Gasteiger partial charge in [-0.1, -0.05) is 12.2 Å². The van der Waals surface area contributed by atoms with Crippen molar-refractivity contribution in [2.24, 2.45) is 5.92 Å². The molecule has 0 radical (unpaired) electrons. The Hall–Kier alpha value is -0.720. The molecule has 1 fully saturated rings. The molecule has 1 aliphatic heterocycles. The summed E-state index contributed by atoms with van der Waals surface area (Å²) in [6, 6.07) is 0.691. The van der Waals surface area contributed by atoms with E-state index in [2.05, 4.69) is 30.5 Å². The Bertz CT molecular complexity index is 191. The molecule has 1 N–H and O–H groups in total. The van der Waals surface area contributed by atoms with E-state index in [1.165, 1.54) is 18.5 Å². The van der Waals surface area contributed by atoms with Gasteiger partial charge in [-0.05, 0) is 25.8 Å². The molecule has 2 aliphatic rings. The maximum absolute atomic E-state index is 3.47. The van der Waals surface area contributed by atoms with Crippen LogP contribution in [0.2, 0.25) is 0 Å². The summed E-state index contributed by atoms with van der Waals surface area (Å²) in [5, 5.41) is 3.47. The van der Waals surface area contributed by atoms with Crippen LogP contribution in [0, 0.1) is 5.92 Å². The minimum absolute atomic E-state index is 0.691. The summed E-state index contributed by atoms with van der Waals surface area (Å²) in [4.78, 5) is 0. The van der Waals surface area contributed by atoms with Gasteiger partial charge in [0.1, 0.15) is 0 Å². The minimum atomic E-state index is 0.691. The number of hydrogen-bond donors (Lipinski definition) is 1. The average molecular weight is 135 g/mol. The fourth-order valence-electron chi connectivity index (χ4n) is 1.84. The van der Waals surface area contributed by atoms with Crippen molar-refractivity contribution >= 4 is 0 Å². The highest BCUT2D eigenvalue weighted by Crippen LogP contribution is 2.29. The Labute approximate surface area is 61.8 Å². The highest BCUT2D eigenvalue weighted by Gasteiger charge is 2.25. The van der Waals surface area contributed by atoms with Gasteiger partial charge in [0.05, 0.1) is 0 Å². The van der Waals surface area contributed by atoms with Crippen molar-refractivity contribution in [3.05, 3.63) is 23.9 Å². The van der Waals surface area contributed by atoms with Crippen LogP contribution in [0.15, 0.2) is 23.9 Å². The van der Waals surface area contributed by atoms with Crippen LogP contribution in [0.3, 0.4) is 0 Å². The zero-order valence-corrected chi connectivity index (χ0v) is 6.30. The lowest BCUT2D eigenvalue weighted by Crippen LogP contribution is -2.15. The van der Waals surface area contributed by atoms with E-state index in [1.807, 2.05) is 0 Å². The first kappa shape index (κ1) is 6.02. The van der Waals surface area contributed by atoms with Gasteiger partial charge in [0.15, 0.2) is 0 Å². The van der Waals surface area contributed by atoms with Gasteiger partial charge in [0, 0.05) is 17.7 Å². The third-order valence-electron chi connectivity index (χ3n) is 2.32. The lowest BCUT2D eigenvalue weighted by Gasteiger charge is -2.10. The van der Waals surface area contributed by atoms with Crippen molar-refractivity contribution in [2.45, 2.75) is 25.8 Å². The fraction of sp³-hybridized carbons (Fsp3) is 0.556. The average Bonchev–Trinajstić information content (AvgIpc) is 2.27. The summed E-state index contributed by atoms with van der Waals surface area (Å²) < 4.78 is 0. The molecule has 1 saturated heterocycles. The molecule has 2 unspecified atom stereocenters. The van der Waals surface area contributed by atoms with Crippen molar-refractivity contribution in [1.82, 2.24) is 5.32 Å². The molecule has 0 amide bonds. The predicted molar refractivity (Wildman–Crippen MR) is 42.5 cm³/mol. The second kappa shape index (κ2) is 2.15. The third-order valence-corrected chi connectivity index (χ3v) is 2.32. The molecule has 10 heavy (non-hydrogen) atoms. The van der Waals surface area contributed by atoms with Crippen LogP contribution in [-0.4, -0.2) is 6.04 Å². The van der Waals surface area contributed by atoms with Crippen LogP contribution in [-0.2, 0) is 0 Å². The first-order valence-corrected chi connectivity index (χ1v) is 3.99. The summed E-state index contributed by atoms with van der Waals surface area (Å²) in [7, 11) is 0. The van der Waals surface area contributed by atoms with E-state index in [1.54, 1.807) is 0 Å². The lowest BCUT2D eigenvalue weighted by atomic mass is 9.96. The lowest BCUT2D eigenvalue weighted by molar-refractivity contribution is 0.594. The number of hydrogen-bond acceptors (Lipinski definition) is 1. The molecule has 1 nitrogen and oxygen atoms in total. The smallest absolute Gasteiger partial charge is 0.0236 e. The van der Waals surface area contributed by atoms with Gasteiger partial charge in [-0.15, -0.1) is 0 Å². The largest absolute Gasteiger partial charge is 0.386 e. The van der Waals surface area contributed by atoms with Gasteiger partial charge in [0.2, 0.25) is 0 Å². The number of nitrogens with one attached hydrogen (secondary N) is 1. The molecule has 0 saturated carbocycles. The second-order valence-corrected chi connectivity index (χ2v) is 3.26. The van der Waals surface area contributed by atoms with Gasteiger partial charge >= 0.3 is 0 Å². The second-order valence-electron chi connectivity index (χ2n) is 3.26. The first-order valence-electron chi connectivity index (χ1n) is 3.99. The maximum Gasteiger partial charge on any atom is 0.0236 e. The molecule has 2 atom stereocenters. The summed E-state index contributed by atoms with van der Waals surface area (Å²) in [6.45, 7) is 2.25. The summed E-state index contributed by atoms with van der Waals surface area (Å²) in [6.07, 6.45) is 9.17. The van der Waals surface area contributed by atoms with Crippen LogP contribution in [0.5, 0.6) is 0 Å². The van der Waals surface area contributed by atoms with Crippen LogP contribution in [0.1, 0.15) is 19.8 Å². The van der Waals surface area contributed by atoms with Gasteiger partial charge in [-0.3, -0.25) is 0 Å². The summed E-state index contributed by atoms with van der Waals surface area (Å²) in [5.41, 5.74) is 1.45. The molecule has 1 heterocycles. The molecule has 0 bridgehead atoms. The highest BCUT2D eigenvalue weighted by molar-refractivity contribution is 5.23. The molecule has 1 heteroatoms. The third kappa shape index (κ3) is 0.859. The molecular weight excluding hydrogens is 122 g/mol. The number of allylic oxidation sites excluding steroid dienone is 4. The van der Waals surface area contributed by atoms with Gasteiger partial charge < -0.3 is 5.32 Å². The van der Waals surface area contributed by atoms with Crippen LogP contribution in [0.4, 0.5) is 0 Å². The van der Waals surface area contributed by atoms with Crippen LogP contribution in [0.25, 0.3) is 0 Å². The Morgan fingerprint density at radius 2 is 2.50 bits per heavy atom. The quantitative estimate of drug-likeness (QED) is 0.534. The molecule has 1 aliphatic carbocycles. The van der Waals surface area contributed by atoms with Crippen molar-refractivity contribution in [1.29, 1.82) is 0 Å². The van der Waals surface area contributed by atoms with E-state index in [4.69, 9.17) is 0 Å². The van der Waals surface area contributed by atoms with E-state index in [9.17, 15) is 0 Å². The molecule has 0 aromatic rings. The predicted octanol–water partition coefficient (Wildman–Crippen LogP) is 1.83. The van der Waals surface area contributed by atoms with Crippen LogP contribution < -0.4 is 5.32 Å². The highest BCUT2D eigenvalue weighted by atomic mass is 15.0. The van der Waals surface area contributed by atoms with E-state index < -0.39 is 0 Å². The van der Waals surface area contributed by atoms with E-state index in [-0.39, 0.29) is 0 Å². The molecule has 0 aromatic heterocycles. The van der Waals surface area contributed by atoms with E-state index in [0.29, 0.717) is 6.04 Å². The topological polar surface area (TPSA) is 12.0 Å². The van der Waals surface area contributed by atoms with Crippen molar-refractivity contribution in [2.75, 3.05) is 0 Å². The fourth-order valence-corrected chi connectivity index (χ4v) is 1.84. The molecule has 2 rings (SSSR count). The van der Waals surface area contributed by atoms with Crippen LogP contribution >= 0.6 is 0 Å². The number of rotatable bonds is 0. The molecular formula is C9H13N. The monoisotopic (exact) mass is 135 g/mol. The molecule has 0 spiro atoms. The first-order chi connectivity index (χ1) is 4.86. The zero-order chi connectivity index (χ0) is 6.97.